The van der Waals surface area contributed by atoms with Crippen LogP contribution in [-0.4, -0.2) is 25.2 Å². The van der Waals surface area contributed by atoms with Crippen LogP contribution in [0.3, 0.4) is 0 Å². The van der Waals surface area contributed by atoms with Gasteiger partial charge in [-0.15, -0.1) is 0 Å². The van der Waals surface area contributed by atoms with E-state index in [1.807, 2.05) is 13.8 Å². The Morgan fingerprint density at radius 2 is 1.43 bits per heavy atom. The Hall–Kier alpha value is -1.84. The SMILES string of the molecule is CC.CCCc1ccc(CCCC(=O)OCCOC(C)=O)cc1. The van der Waals surface area contributed by atoms with E-state index >= 15 is 0 Å². The molecule has 1 aromatic carbocycles. The Labute approximate surface area is 140 Å². The second-order valence-corrected chi connectivity index (χ2v) is 4.98. The van der Waals surface area contributed by atoms with Gasteiger partial charge in [0.1, 0.15) is 13.2 Å². The second-order valence-electron chi connectivity index (χ2n) is 4.98. The zero-order chi connectivity index (χ0) is 17.5. The molecule has 0 N–H and O–H groups in total. The summed E-state index contributed by atoms with van der Waals surface area (Å²) in [6.45, 7) is 7.75. The van der Waals surface area contributed by atoms with Gasteiger partial charge in [0.05, 0.1) is 0 Å². The van der Waals surface area contributed by atoms with Crippen LogP contribution in [-0.2, 0) is 31.9 Å². The third-order valence-electron chi connectivity index (χ3n) is 3.06. The van der Waals surface area contributed by atoms with E-state index in [1.54, 1.807) is 0 Å². The highest BCUT2D eigenvalue weighted by molar-refractivity contribution is 5.69. The topological polar surface area (TPSA) is 52.6 Å². The fraction of sp³-hybridized carbons (Fsp3) is 0.579. The maximum atomic E-state index is 11.5. The molecule has 0 atom stereocenters. The molecule has 0 amide bonds. The molecule has 1 aromatic rings. The molecule has 0 fully saturated rings. The van der Waals surface area contributed by atoms with E-state index in [9.17, 15) is 9.59 Å². The first kappa shape index (κ1) is 21.2. The third kappa shape index (κ3) is 11.4. The van der Waals surface area contributed by atoms with E-state index in [0.29, 0.717) is 6.42 Å². The molecule has 23 heavy (non-hydrogen) atoms. The Kier molecular flexibility index (Phi) is 12.7. The summed E-state index contributed by atoms with van der Waals surface area (Å²) in [5.41, 5.74) is 2.59. The Morgan fingerprint density at radius 3 is 1.96 bits per heavy atom. The van der Waals surface area contributed by atoms with Crippen LogP contribution in [0.25, 0.3) is 0 Å². The minimum Gasteiger partial charge on any atom is -0.462 e. The Bertz CT molecular complexity index is 437. The molecule has 0 unspecified atom stereocenters. The van der Waals surface area contributed by atoms with Gasteiger partial charge in [-0.2, -0.15) is 0 Å². The monoisotopic (exact) mass is 322 g/mol. The van der Waals surface area contributed by atoms with E-state index < -0.39 is 0 Å². The van der Waals surface area contributed by atoms with Gasteiger partial charge in [-0.05, 0) is 30.4 Å². The minimum absolute atomic E-state index is 0.125. The Morgan fingerprint density at radius 1 is 0.913 bits per heavy atom. The first-order valence-electron chi connectivity index (χ1n) is 8.48. The molecule has 0 radical (unpaired) electrons. The van der Waals surface area contributed by atoms with Crippen LogP contribution in [0.1, 0.15) is 58.1 Å². The highest BCUT2D eigenvalue weighted by Gasteiger charge is 2.04. The van der Waals surface area contributed by atoms with Crippen molar-refractivity contribution in [3.05, 3.63) is 35.4 Å². The molecular formula is C19H30O4. The molecule has 4 nitrogen and oxygen atoms in total. The van der Waals surface area contributed by atoms with Gasteiger partial charge in [-0.25, -0.2) is 0 Å². The predicted octanol–water partition coefficient (Wildman–Crippen LogP) is 4.09. The lowest BCUT2D eigenvalue weighted by Gasteiger charge is -2.06. The van der Waals surface area contributed by atoms with Gasteiger partial charge in [0.2, 0.25) is 0 Å². The van der Waals surface area contributed by atoms with Crippen LogP contribution >= 0.6 is 0 Å². The summed E-state index contributed by atoms with van der Waals surface area (Å²) in [5, 5.41) is 0. The summed E-state index contributed by atoms with van der Waals surface area (Å²) in [6.07, 6.45) is 4.27. The van der Waals surface area contributed by atoms with Crippen molar-refractivity contribution in [2.75, 3.05) is 13.2 Å². The highest BCUT2D eigenvalue weighted by atomic mass is 16.6. The summed E-state index contributed by atoms with van der Waals surface area (Å²) in [6, 6.07) is 8.54. The van der Waals surface area contributed by atoms with Crippen LogP contribution < -0.4 is 0 Å². The Balaban J connectivity index is 0.00000232. The lowest BCUT2D eigenvalue weighted by Crippen LogP contribution is -2.12. The molecule has 4 heteroatoms. The number of ether oxygens (including phenoxy) is 2. The quantitative estimate of drug-likeness (QED) is 0.507. The number of hydrogen-bond acceptors (Lipinski definition) is 4. The maximum absolute atomic E-state index is 11.5. The average molecular weight is 322 g/mol. The normalized spacial score (nSPS) is 9.57. The van der Waals surface area contributed by atoms with Crippen molar-refractivity contribution in [1.29, 1.82) is 0 Å². The molecule has 0 aliphatic heterocycles. The smallest absolute Gasteiger partial charge is 0.305 e. The van der Waals surface area contributed by atoms with Crippen LogP contribution in [0, 0.1) is 0 Å². The molecule has 0 saturated carbocycles. The molecule has 0 aliphatic rings. The fourth-order valence-electron chi connectivity index (χ4n) is 2.01. The van der Waals surface area contributed by atoms with Crippen molar-refractivity contribution in [3.8, 4) is 0 Å². The number of rotatable bonds is 9. The van der Waals surface area contributed by atoms with Gasteiger partial charge in [0.25, 0.3) is 0 Å². The summed E-state index contributed by atoms with van der Waals surface area (Å²) in [7, 11) is 0. The molecule has 0 aliphatic carbocycles. The van der Waals surface area contributed by atoms with Gasteiger partial charge in [0.15, 0.2) is 0 Å². The third-order valence-corrected chi connectivity index (χ3v) is 3.06. The average Bonchev–Trinajstić information content (AvgIpc) is 2.55. The van der Waals surface area contributed by atoms with E-state index in [1.165, 1.54) is 18.1 Å². The largest absolute Gasteiger partial charge is 0.462 e. The van der Waals surface area contributed by atoms with Crippen molar-refractivity contribution >= 4 is 11.9 Å². The minimum atomic E-state index is -0.363. The van der Waals surface area contributed by atoms with E-state index in [0.717, 1.165) is 25.7 Å². The molecule has 0 saturated heterocycles. The van der Waals surface area contributed by atoms with Crippen molar-refractivity contribution in [2.24, 2.45) is 0 Å². The number of carbonyl (C=O) groups is 2. The summed E-state index contributed by atoms with van der Waals surface area (Å²) >= 11 is 0. The standard InChI is InChI=1S/C17H24O4.C2H6/c1-3-5-15-8-10-16(11-9-15)6-4-7-17(19)21-13-12-20-14(2)18;1-2/h8-11H,3-7,12-13H2,1-2H3;1-2H3. The van der Waals surface area contributed by atoms with Crippen LogP contribution in [0.5, 0.6) is 0 Å². The molecule has 0 bridgehead atoms. The van der Waals surface area contributed by atoms with Gasteiger partial charge in [-0.3, -0.25) is 9.59 Å². The number of carbonyl (C=O) groups excluding carboxylic acids is 2. The molecule has 130 valence electrons. The maximum Gasteiger partial charge on any atom is 0.305 e. The molecule has 1 rings (SSSR count). The van der Waals surface area contributed by atoms with E-state index in [4.69, 9.17) is 4.74 Å². The molecule has 0 spiro atoms. The van der Waals surface area contributed by atoms with E-state index in [2.05, 4.69) is 35.9 Å². The number of benzene rings is 1. The summed E-state index contributed by atoms with van der Waals surface area (Å²) in [4.78, 5) is 22.0. The van der Waals surface area contributed by atoms with Crippen molar-refractivity contribution < 1.29 is 19.1 Å². The summed E-state index contributed by atoms with van der Waals surface area (Å²) < 4.78 is 9.65. The summed E-state index contributed by atoms with van der Waals surface area (Å²) in [5.74, 6) is -0.609. The first-order chi connectivity index (χ1) is 11.1. The van der Waals surface area contributed by atoms with Gasteiger partial charge >= 0.3 is 11.9 Å². The van der Waals surface area contributed by atoms with E-state index in [-0.39, 0.29) is 25.2 Å². The van der Waals surface area contributed by atoms with Crippen LogP contribution in [0.4, 0.5) is 0 Å². The zero-order valence-corrected chi connectivity index (χ0v) is 14.9. The van der Waals surface area contributed by atoms with Crippen molar-refractivity contribution in [2.45, 2.75) is 59.8 Å². The highest BCUT2D eigenvalue weighted by Crippen LogP contribution is 2.09. The van der Waals surface area contributed by atoms with Gasteiger partial charge in [-0.1, -0.05) is 51.5 Å². The lowest BCUT2D eigenvalue weighted by atomic mass is 10.0. The van der Waals surface area contributed by atoms with Crippen LogP contribution in [0.2, 0.25) is 0 Å². The number of hydrogen-bond donors (Lipinski definition) is 0. The molecule has 0 heterocycles. The zero-order valence-electron chi connectivity index (χ0n) is 14.9. The molecule has 0 aromatic heterocycles. The lowest BCUT2D eigenvalue weighted by molar-refractivity contribution is -0.151. The fourth-order valence-corrected chi connectivity index (χ4v) is 2.01. The van der Waals surface area contributed by atoms with Gasteiger partial charge in [0, 0.05) is 13.3 Å². The van der Waals surface area contributed by atoms with Crippen molar-refractivity contribution in [1.82, 2.24) is 0 Å². The second kappa shape index (κ2) is 13.8. The predicted molar refractivity (Wildman–Crippen MR) is 92.3 cm³/mol. The van der Waals surface area contributed by atoms with Gasteiger partial charge < -0.3 is 9.47 Å². The van der Waals surface area contributed by atoms with Crippen molar-refractivity contribution in [3.63, 3.8) is 0 Å². The van der Waals surface area contributed by atoms with Crippen LogP contribution in [0.15, 0.2) is 24.3 Å². The molecular weight excluding hydrogens is 292 g/mol. The number of esters is 2. The first-order valence-corrected chi connectivity index (χ1v) is 8.48. The number of aryl methyl sites for hydroxylation is 2.